The number of hydrogen-bond donors (Lipinski definition) is 2. The van der Waals surface area contributed by atoms with Crippen molar-refractivity contribution in [3.8, 4) is 0 Å². The standard InChI is InChI=1S/C8H18O2/c1-3-5-8(10,4-2)6-7-9/h9-10H,3-7H2,1-2H3. The van der Waals surface area contributed by atoms with Gasteiger partial charge in [-0.15, -0.1) is 0 Å². The minimum Gasteiger partial charge on any atom is -0.396 e. The molecule has 0 aliphatic carbocycles. The molecule has 10 heavy (non-hydrogen) atoms. The molecule has 0 amide bonds. The topological polar surface area (TPSA) is 40.5 Å². The minimum atomic E-state index is -0.608. The van der Waals surface area contributed by atoms with Crippen LogP contribution in [0.2, 0.25) is 0 Å². The van der Waals surface area contributed by atoms with Crippen molar-refractivity contribution >= 4 is 0 Å². The maximum Gasteiger partial charge on any atom is 0.0666 e. The molecule has 0 heterocycles. The van der Waals surface area contributed by atoms with Gasteiger partial charge in [-0.3, -0.25) is 0 Å². The first-order chi connectivity index (χ1) is 4.68. The van der Waals surface area contributed by atoms with E-state index in [4.69, 9.17) is 5.11 Å². The van der Waals surface area contributed by atoms with Crippen LogP contribution >= 0.6 is 0 Å². The zero-order valence-corrected chi connectivity index (χ0v) is 6.93. The third kappa shape index (κ3) is 3.18. The van der Waals surface area contributed by atoms with Crippen molar-refractivity contribution in [3.05, 3.63) is 0 Å². The Morgan fingerprint density at radius 3 is 2.10 bits per heavy atom. The van der Waals surface area contributed by atoms with Gasteiger partial charge in [0, 0.05) is 6.61 Å². The Balaban J connectivity index is 3.69. The van der Waals surface area contributed by atoms with E-state index in [0.29, 0.717) is 6.42 Å². The third-order valence-electron chi connectivity index (χ3n) is 1.95. The van der Waals surface area contributed by atoms with E-state index in [1.54, 1.807) is 0 Å². The molecule has 0 aliphatic rings. The first-order valence-corrected chi connectivity index (χ1v) is 4.01. The summed E-state index contributed by atoms with van der Waals surface area (Å²) in [4.78, 5) is 0. The van der Waals surface area contributed by atoms with Crippen LogP contribution in [0.4, 0.5) is 0 Å². The molecule has 62 valence electrons. The van der Waals surface area contributed by atoms with E-state index in [-0.39, 0.29) is 6.61 Å². The molecule has 1 unspecified atom stereocenters. The van der Waals surface area contributed by atoms with Gasteiger partial charge in [0.2, 0.25) is 0 Å². The Labute approximate surface area is 62.9 Å². The van der Waals surface area contributed by atoms with Gasteiger partial charge in [-0.05, 0) is 19.3 Å². The highest BCUT2D eigenvalue weighted by atomic mass is 16.3. The highest BCUT2D eigenvalue weighted by Gasteiger charge is 2.21. The van der Waals surface area contributed by atoms with E-state index in [9.17, 15) is 5.11 Å². The molecule has 0 aromatic rings. The molecular formula is C8H18O2. The summed E-state index contributed by atoms with van der Waals surface area (Å²) < 4.78 is 0. The Bertz CT molecular complexity index is 75.3. The largest absolute Gasteiger partial charge is 0.396 e. The van der Waals surface area contributed by atoms with Crippen molar-refractivity contribution in [1.82, 2.24) is 0 Å². The van der Waals surface area contributed by atoms with E-state index >= 15 is 0 Å². The Hall–Kier alpha value is -0.0800. The molecule has 0 radical (unpaired) electrons. The highest BCUT2D eigenvalue weighted by molar-refractivity contribution is 4.75. The summed E-state index contributed by atoms with van der Waals surface area (Å²) in [5.74, 6) is 0. The second-order valence-electron chi connectivity index (χ2n) is 2.80. The lowest BCUT2D eigenvalue weighted by Crippen LogP contribution is -2.28. The van der Waals surface area contributed by atoms with Crippen LogP contribution in [0, 0.1) is 0 Å². The fourth-order valence-corrected chi connectivity index (χ4v) is 1.15. The van der Waals surface area contributed by atoms with Crippen LogP contribution in [0.15, 0.2) is 0 Å². The normalized spacial score (nSPS) is 16.8. The predicted octanol–water partition coefficient (Wildman–Crippen LogP) is 1.31. The van der Waals surface area contributed by atoms with Crippen LogP contribution in [-0.4, -0.2) is 22.4 Å². The van der Waals surface area contributed by atoms with E-state index in [0.717, 1.165) is 19.3 Å². The zero-order chi connectivity index (χ0) is 8.04. The van der Waals surface area contributed by atoms with Gasteiger partial charge in [0.05, 0.1) is 5.60 Å². The molecule has 0 spiro atoms. The molecule has 1 atom stereocenters. The average Bonchev–Trinajstić information content (AvgIpc) is 1.89. The van der Waals surface area contributed by atoms with Crippen molar-refractivity contribution in [2.45, 2.75) is 45.1 Å². The van der Waals surface area contributed by atoms with Gasteiger partial charge in [-0.25, -0.2) is 0 Å². The zero-order valence-electron chi connectivity index (χ0n) is 6.93. The number of rotatable bonds is 5. The van der Waals surface area contributed by atoms with Crippen molar-refractivity contribution in [2.24, 2.45) is 0 Å². The number of aliphatic hydroxyl groups excluding tert-OH is 1. The van der Waals surface area contributed by atoms with Crippen LogP contribution in [0.3, 0.4) is 0 Å². The van der Waals surface area contributed by atoms with E-state index in [2.05, 4.69) is 0 Å². The van der Waals surface area contributed by atoms with Gasteiger partial charge in [-0.2, -0.15) is 0 Å². The van der Waals surface area contributed by atoms with Crippen molar-refractivity contribution in [2.75, 3.05) is 6.61 Å². The maximum absolute atomic E-state index is 9.66. The molecule has 0 aliphatic heterocycles. The fraction of sp³-hybridized carbons (Fsp3) is 1.00. The lowest BCUT2D eigenvalue weighted by Gasteiger charge is -2.24. The number of hydrogen-bond acceptors (Lipinski definition) is 2. The summed E-state index contributed by atoms with van der Waals surface area (Å²) in [5.41, 5.74) is -0.608. The molecule has 2 nitrogen and oxygen atoms in total. The van der Waals surface area contributed by atoms with Crippen molar-refractivity contribution < 1.29 is 10.2 Å². The van der Waals surface area contributed by atoms with Gasteiger partial charge in [0.15, 0.2) is 0 Å². The molecule has 0 fully saturated rings. The summed E-state index contributed by atoms with van der Waals surface area (Å²) in [6.07, 6.45) is 3.02. The van der Waals surface area contributed by atoms with Crippen LogP contribution in [0.25, 0.3) is 0 Å². The van der Waals surface area contributed by atoms with E-state index in [1.165, 1.54) is 0 Å². The molecule has 0 saturated carbocycles. The quantitative estimate of drug-likeness (QED) is 0.614. The maximum atomic E-state index is 9.66. The van der Waals surface area contributed by atoms with Crippen molar-refractivity contribution in [3.63, 3.8) is 0 Å². The van der Waals surface area contributed by atoms with E-state index < -0.39 is 5.60 Å². The second-order valence-corrected chi connectivity index (χ2v) is 2.80. The van der Waals surface area contributed by atoms with Gasteiger partial charge in [0.25, 0.3) is 0 Å². The molecule has 0 rings (SSSR count). The van der Waals surface area contributed by atoms with Gasteiger partial charge >= 0.3 is 0 Å². The lowest BCUT2D eigenvalue weighted by molar-refractivity contribution is 0.00385. The first kappa shape index (κ1) is 9.92. The van der Waals surface area contributed by atoms with Crippen LogP contribution in [0.5, 0.6) is 0 Å². The van der Waals surface area contributed by atoms with Crippen molar-refractivity contribution in [1.29, 1.82) is 0 Å². The summed E-state index contributed by atoms with van der Waals surface area (Å²) in [7, 11) is 0. The second kappa shape index (κ2) is 4.69. The molecule has 0 saturated heterocycles. The van der Waals surface area contributed by atoms with E-state index in [1.807, 2.05) is 13.8 Å². The summed E-state index contributed by atoms with van der Waals surface area (Å²) in [5, 5.41) is 18.3. The Kier molecular flexibility index (Phi) is 4.65. The summed E-state index contributed by atoms with van der Waals surface area (Å²) >= 11 is 0. The summed E-state index contributed by atoms with van der Waals surface area (Å²) in [6, 6.07) is 0. The molecule has 0 aromatic heterocycles. The molecule has 0 bridgehead atoms. The monoisotopic (exact) mass is 146 g/mol. The molecular weight excluding hydrogens is 128 g/mol. The van der Waals surface area contributed by atoms with Crippen LogP contribution < -0.4 is 0 Å². The highest BCUT2D eigenvalue weighted by Crippen LogP contribution is 2.20. The Morgan fingerprint density at radius 2 is 1.80 bits per heavy atom. The average molecular weight is 146 g/mol. The Morgan fingerprint density at radius 1 is 1.20 bits per heavy atom. The molecule has 0 aromatic carbocycles. The lowest BCUT2D eigenvalue weighted by atomic mass is 9.92. The summed E-state index contributed by atoms with van der Waals surface area (Å²) in [6.45, 7) is 4.08. The first-order valence-electron chi connectivity index (χ1n) is 4.01. The molecule has 2 N–H and O–H groups in total. The smallest absolute Gasteiger partial charge is 0.0666 e. The fourth-order valence-electron chi connectivity index (χ4n) is 1.15. The SMILES string of the molecule is CCCC(O)(CC)CCO. The molecule has 2 heteroatoms. The predicted molar refractivity (Wildman–Crippen MR) is 41.9 cm³/mol. The van der Waals surface area contributed by atoms with Crippen LogP contribution in [-0.2, 0) is 0 Å². The van der Waals surface area contributed by atoms with Gasteiger partial charge < -0.3 is 10.2 Å². The number of aliphatic hydroxyl groups is 2. The van der Waals surface area contributed by atoms with Gasteiger partial charge in [-0.1, -0.05) is 20.3 Å². The third-order valence-corrected chi connectivity index (χ3v) is 1.95. The minimum absolute atomic E-state index is 0.0876. The van der Waals surface area contributed by atoms with Crippen LogP contribution in [0.1, 0.15) is 39.5 Å². The van der Waals surface area contributed by atoms with Gasteiger partial charge in [0.1, 0.15) is 0 Å².